The summed E-state index contributed by atoms with van der Waals surface area (Å²) >= 11 is 0. The summed E-state index contributed by atoms with van der Waals surface area (Å²) in [7, 11) is -3.25. The van der Waals surface area contributed by atoms with Gasteiger partial charge in [0, 0.05) is 24.3 Å². The summed E-state index contributed by atoms with van der Waals surface area (Å²) in [6, 6.07) is 6.19. The van der Waals surface area contributed by atoms with E-state index in [2.05, 4.69) is 4.98 Å². The fourth-order valence-corrected chi connectivity index (χ4v) is 2.96. The highest BCUT2D eigenvalue weighted by atomic mass is 32.2. The molecule has 3 rings (SSSR count). The number of sulfone groups is 1. The van der Waals surface area contributed by atoms with E-state index in [9.17, 15) is 13.2 Å². The number of anilines is 1. The van der Waals surface area contributed by atoms with Crippen LogP contribution in [-0.4, -0.2) is 43.0 Å². The molecular formula is C14H15N3O4S. The van der Waals surface area contributed by atoms with Crippen LogP contribution in [-0.2, 0) is 21.1 Å². The average Bonchev–Trinajstić information content (AvgIpc) is 3.08. The van der Waals surface area contributed by atoms with E-state index in [1.165, 1.54) is 17.0 Å². The van der Waals surface area contributed by atoms with Gasteiger partial charge >= 0.3 is 6.09 Å². The molecule has 0 aliphatic carbocycles. The minimum Gasteiger partial charge on any atom is -0.442 e. The van der Waals surface area contributed by atoms with Gasteiger partial charge in [-0.1, -0.05) is 0 Å². The van der Waals surface area contributed by atoms with Gasteiger partial charge in [0.25, 0.3) is 0 Å². The van der Waals surface area contributed by atoms with Crippen molar-refractivity contribution in [2.45, 2.75) is 17.5 Å². The molecule has 1 aliphatic heterocycles. The number of cyclic esters (lactones) is 1. The van der Waals surface area contributed by atoms with Gasteiger partial charge in [0.15, 0.2) is 9.84 Å². The molecule has 0 unspecified atom stereocenters. The van der Waals surface area contributed by atoms with Crippen molar-refractivity contribution in [1.82, 2.24) is 9.55 Å². The van der Waals surface area contributed by atoms with Crippen molar-refractivity contribution in [3.8, 4) is 0 Å². The normalized spacial score (nSPS) is 18.5. The topological polar surface area (TPSA) is 81.5 Å². The summed E-state index contributed by atoms with van der Waals surface area (Å²) in [6.07, 6.45) is 5.58. The van der Waals surface area contributed by atoms with E-state index < -0.39 is 15.9 Å². The molecule has 116 valence electrons. The number of rotatable bonds is 4. The van der Waals surface area contributed by atoms with Crippen molar-refractivity contribution in [3.63, 3.8) is 0 Å². The molecule has 1 aliphatic rings. The van der Waals surface area contributed by atoms with Crippen molar-refractivity contribution < 1.29 is 17.9 Å². The molecule has 0 bridgehead atoms. The Morgan fingerprint density at radius 1 is 1.32 bits per heavy atom. The molecule has 1 atom stereocenters. The first-order chi connectivity index (χ1) is 10.4. The maximum Gasteiger partial charge on any atom is 0.414 e. The van der Waals surface area contributed by atoms with E-state index in [0.717, 1.165) is 6.26 Å². The Balaban J connectivity index is 1.73. The molecule has 0 spiro atoms. The fraction of sp³-hybridized carbons (Fsp3) is 0.286. The Bertz CT molecular complexity index is 769. The van der Waals surface area contributed by atoms with E-state index in [1.807, 2.05) is 4.57 Å². The summed E-state index contributed by atoms with van der Waals surface area (Å²) in [4.78, 5) is 17.6. The molecule has 22 heavy (non-hydrogen) atoms. The van der Waals surface area contributed by atoms with Crippen molar-refractivity contribution in [2.24, 2.45) is 0 Å². The lowest BCUT2D eigenvalue weighted by atomic mass is 10.2. The van der Waals surface area contributed by atoms with Crippen LogP contribution in [0.4, 0.5) is 10.5 Å². The molecule has 1 aromatic carbocycles. The first-order valence-electron chi connectivity index (χ1n) is 6.67. The SMILES string of the molecule is CS(=O)(=O)c1ccc(N2C[C@H](Cn3ccnc3)OC2=O)cc1. The molecule has 1 amide bonds. The molecule has 0 saturated carbocycles. The van der Waals surface area contributed by atoms with E-state index in [0.29, 0.717) is 18.8 Å². The molecule has 1 fully saturated rings. The molecule has 7 nitrogen and oxygen atoms in total. The zero-order valence-electron chi connectivity index (χ0n) is 11.9. The number of nitrogens with zero attached hydrogens (tertiary/aromatic N) is 3. The van der Waals surface area contributed by atoms with E-state index in [1.54, 1.807) is 30.9 Å². The van der Waals surface area contributed by atoms with E-state index >= 15 is 0 Å². The molecule has 0 N–H and O–H groups in total. The second kappa shape index (κ2) is 5.45. The maximum absolute atomic E-state index is 12.0. The van der Waals surface area contributed by atoms with Crippen LogP contribution >= 0.6 is 0 Å². The van der Waals surface area contributed by atoms with Gasteiger partial charge in [-0.05, 0) is 24.3 Å². The number of amides is 1. The van der Waals surface area contributed by atoms with Gasteiger partial charge in [-0.2, -0.15) is 0 Å². The van der Waals surface area contributed by atoms with Gasteiger partial charge in [-0.3, -0.25) is 4.90 Å². The second-order valence-electron chi connectivity index (χ2n) is 5.14. The third-order valence-electron chi connectivity index (χ3n) is 3.42. The highest BCUT2D eigenvalue weighted by Crippen LogP contribution is 2.23. The lowest BCUT2D eigenvalue weighted by molar-refractivity contribution is 0.132. The third-order valence-corrected chi connectivity index (χ3v) is 4.55. The van der Waals surface area contributed by atoms with Crippen LogP contribution in [0.15, 0.2) is 47.9 Å². The first-order valence-corrected chi connectivity index (χ1v) is 8.56. The quantitative estimate of drug-likeness (QED) is 0.848. The summed E-state index contributed by atoms with van der Waals surface area (Å²) in [5.41, 5.74) is 0.616. The van der Waals surface area contributed by atoms with Crippen molar-refractivity contribution in [3.05, 3.63) is 43.0 Å². The van der Waals surface area contributed by atoms with Crippen molar-refractivity contribution >= 4 is 21.6 Å². The Labute approximate surface area is 128 Å². The highest BCUT2D eigenvalue weighted by Gasteiger charge is 2.32. The first kappa shape index (κ1) is 14.6. The number of ether oxygens (including phenoxy) is 1. The van der Waals surface area contributed by atoms with Gasteiger partial charge in [0.1, 0.15) is 6.10 Å². The van der Waals surface area contributed by atoms with E-state index in [4.69, 9.17) is 4.74 Å². The Morgan fingerprint density at radius 3 is 2.64 bits per heavy atom. The van der Waals surface area contributed by atoms with Gasteiger partial charge in [-0.25, -0.2) is 18.2 Å². The number of aromatic nitrogens is 2. The average molecular weight is 321 g/mol. The van der Waals surface area contributed by atoms with Crippen LogP contribution in [0.5, 0.6) is 0 Å². The smallest absolute Gasteiger partial charge is 0.414 e. The molecule has 1 saturated heterocycles. The number of hydrogen-bond donors (Lipinski definition) is 0. The lowest BCUT2D eigenvalue weighted by Gasteiger charge is -2.13. The fourth-order valence-electron chi connectivity index (χ4n) is 2.33. The third kappa shape index (κ3) is 2.96. The summed E-state index contributed by atoms with van der Waals surface area (Å²) in [5, 5.41) is 0. The summed E-state index contributed by atoms with van der Waals surface area (Å²) in [6.45, 7) is 0.943. The van der Waals surface area contributed by atoms with Crippen LogP contribution in [0.1, 0.15) is 0 Å². The minimum absolute atomic E-state index is 0.221. The van der Waals surface area contributed by atoms with Crippen molar-refractivity contribution in [1.29, 1.82) is 0 Å². The van der Waals surface area contributed by atoms with Crippen LogP contribution in [0.25, 0.3) is 0 Å². The molecule has 1 aromatic heterocycles. The number of imidazole rings is 1. The molecule has 2 heterocycles. The molecule has 8 heteroatoms. The predicted molar refractivity (Wildman–Crippen MR) is 79.4 cm³/mol. The monoisotopic (exact) mass is 321 g/mol. The highest BCUT2D eigenvalue weighted by molar-refractivity contribution is 7.90. The Morgan fingerprint density at radius 2 is 2.05 bits per heavy atom. The summed E-state index contributed by atoms with van der Waals surface area (Å²) < 4.78 is 30.1. The number of hydrogen-bond acceptors (Lipinski definition) is 5. The number of carbonyl (C=O) groups excluding carboxylic acids is 1. The van der Waals surface area contributed by atoms with Gasteiger partial charge in [-0.15, -0.1) is 0 Å². The van der Waals surface area contributed by atoms with E-state index in [-0.39, 0.29) is 11.0 Å². The van der Waals surface area contributed by atoms with Crippen LogP contribution in [0.2, 0.25) is 0 Å². The standard InChI is InChI=1S/C14H15N3O4S/c1-22(19,20)13-4-2-11(3-5-13)17-9-12(21-14(17)18)8-16-7-6-15-10-16/h2-7,10,12H,8-9H2,1H3/t12-/m0/s1. The maximum atomic E-state index is 12.0. The number of carbonyl (C=O) groups is 1. The Kier molecular flexibility index (Phi) is 3.61. The van der Waals surface area contributed by atoms with Gasteiger partial charge < -0.3 is 9.30 Å². The second-order valence-corrected chi connectivity index (χ2v) is 7.16. The van der Waals surface area contributed by atoms with Gasteiger partial charge in [0.05, 0.1) is 24.3 Å². The zero-order valence-corrected chi connectivity index (χ0v) is 12.7. The minimum atomic E-state index is -3.25. The zero-order chi connectivity index (χ0) is 15.7. The van der Waals surface area contributed by atoms with Crippen LogP contribution < -0.4 is 4.90 Å². The molecule has 2 aromatic rings. The van der Waals surface area contributed by atoms with Gasteiger partial charge in [0.2, 0.25) is 0 Å². The molecular weight excluding hydrogens is 306 g/mol. The lowest BCUT2D eigenvalue weighted by Crippen LogP contribution is -2.25. The molecule has 0 radical (unpaired) electrons. The summed E-state index contributed by atoms with van der Waals surface area (Å²) in [5.74, 6) is 0. The van der Waals surface area contributed by atoms with Crippen molar-refractivity contribution in [2.75, 3.05) is 17.7 Å². The van der Waals surface area contributed by atoms with Crippen LogP contribution in [0, 0.1) is 0 Å². The Hall–Kier alpha value is -2.35. The predicted octanol–water partition coefficient (Wildman–Crippen LogP) is 1.31. The largest absolute Gasteiger partial charge is 0.442 e. The number of benzene rings is 1. The van der Waals surface area contributed by atoms with Crippen LogP contribution in [0.3, 0.4) is 0 Å².